The molecule has 3 aromatic rings. The van der Waals surface area contributed by atoms with Crippen molar-refractivity contribution in [1.29, 1.82) is 0 Å². The Morgan fingerprint density at radius 1 is 1.27 bits per heavy atom. The standard InChI is InChI=1S/C24H30N6O2.CH4/c1-15(2)22-23(31)28-21-16(3)27-19(11-20(21)29(22)4)9-8-17-12-26-30(13-17)14-18-7-6-10-25-24(18)32-5;/h6-7,10-13,15,22H,8-9,14H2,1-5H3,(H,28,31);1H4/t22-;/m0./s1. The van der Waals surface area contributed by atoms with Crippen LogP contribution in [0.3, 0.4) is 0 Å². The highest BCUT2D eigenvalue weighted by molar-refractivity contribution is 6.04. The normalized spacial score (nSPS) is 15.2. The third-order valence-corrected chi connectivity index (χ3v) is 5.91. The molecule has 0 unspecified atom stereocenters. The van der Waals surface area contributed by atoms with Crippen LogP contribution in [0.1, 0.15) is 43.8 Å². The number of hydrogen-bond acceptors (Lipinski definition) is 6. The summed E-state index contributed by atoms with van der Waals surface area (Å²) in [5, 5.41) is 7.55. The molecule has 1 atom stereocenters. The SMILES string of the molecule is C.COc1ncccc1Cn1cc(CCc2cc3c(c(C)n2)NC(=O)[C@H](C(C)C)N3C)cn1. The van der Waals surface area contributed by atoms with Crippen molar-refractivity contribution in [2.75, 3.05) is 24.4 Å². The van der Waals surface area contributed by atoms with E-state index in [2.05, 4.69) is 46.4 Å². The number of hydrogen-bond donors (Lipinski definition) is 1. The van der Waals surface area contributed by atoms with Crippen LogP contribution < -0.4 is 15.0 Å². The van der Waals surface area contributed by atoms with Gasteiger partial charge in [-0.1, -0.05) is 27.3 Å². The molecule has 8 heteroatoms. The van der Waals surface area contributed by atoms with Crippen LogP contribution in [0.4, 0.5) is 11.4 Å². The van der Waals surface area contributed by atoms with Gasteiger partial charge in [-0.15, -0.1) is 0 Å². The Morgan fingerprint density at radius 3 is 2.79 bits per heavy atom. The summed E-state index contributed by atoms with van der Waals surface area (Å²) in [5.74, 6) is 0.869. The number of nitrogens with one attached hydrogen (secondary N) is 1. The summed E-state index contributed by atoms with van der Waals surface area (Å²) in [6.07, 6.45) is 7.30. The summed E-state index contributed by atoms with van der Waals surface area (Å²) in [4.78, 5) is 23.6. The van der Waals surface area contributed by atoms with Crippen LogP contribution >= 0.6 is 0 Å². The van der Waals surface area contributed by atoms with Gasteiger partial charge in [0.15, 0.2) is 0 Å². The predicted octanol–water partition coefficient (Wildman–Crippen LogP) is 3.87. The second-order valence-electron chi connectivity index (χ2n) is 8.60. The van der Waals surface area contributed by atoms with E-state index in [4.69, 9.17) is 9.72 Å². The Morgan fingerprint density at radius 2 is 2.06 bits per heavy atom. The molecule has 33 heavy (non-hydrogen) atoms. The summed E-state index contributed by atoms with van der Waals surface area (Å²) in [6.45, 7) is 6.69. The number of amides is 1. The summed E-state index contributed by atoms with van der Waals surface area (Å²) in [7, 11) is 3.61. The van der Waals surface area contributed by atoms with Crippen molar-refractivity contribution in [2.45, 2.75) is 53.6 Å². The minimum atomic E-state index is -0.181. The smallest absolute Gasteiger partial charge is 0.247 e. The molecule has 0 fully saturated rings. The van der Waals surface area contributed by atoms with Crippen molar-refractivity contribution in [3.8, 4) is 5.88 Å². The fourth-order valence-electron chi connectivity index (χ4n) is 4.35. The Labute approximate surface area is 196 Å². The molecule has 0 bridgehead atoms. The third-order valence-electron chi connectivity index (χ3n) is 5.91. The Balaban J connectivity index is 0.00000306. The first kappa shape index (κ1) is 24.2. The lowest BCUT2D eigenvalue weighted by molar-refractivity contribution is -0.118. The molecule has 0 spiro atoms. The maximum Gasteiger partial charge on any atom is 0.247 e. The van der Waals surface area contributed by atoms with E-state index in [1.165, 1.54) is 0 Å². The summed E-state index contributed by atoms with van der Waals surface area (Å²) in [6, 6.07) is 5.81. The number of aromatic nitrogens is 4. The fourth-order valence-corrected chi connectivity index (χ4v) is 4.35. The zero-order valence-corrected chi connectivity index (χ0v) is 19.3. The molecule has 1 amide bonds. The van der Waals surface area contributed by atoms with E-state index in [9.17, 15) is 4.79 Å². The first-order chi connectivity index (χ1) is 15.4. The van der Waals surface area contributed by atoms with Gasteiger partial charge in [-0.2, -0.15) is 5.10 Å². The molecular formula is C25H34N6O2. The molecule has 176 valence electrons. The van der Waals surface area contributed by atoms with Crippen molar-refractivity contribution < 1.29 is 9.53 Å². The first-order valence-electron chi connectivity index (χ1n) is 10.9. The van der Waals surface area contributed by atoms with E-state index >= 15 is 0 Å². The van der Waals surface area contributed by atoms with E-state index < -0.39 is 0 Å². The molecule has 0 aliphatic carbocycles. The van der Waals surface area contributed by atoms with Crippen molar-refractivity contribution in [2.24, 2.45) is 5.92 Å². The Kier molecular flexibility index (Phi) is 7.36. The molecule has 0 saturated heterocycles. The highest BCUT2D eigenvalue weighted by atomic mass is 16.5. The maximum atomic E-state index is 12.5. The minimum absolute atomic E-state index is 0. The second kappa shape index (κ2) is 10.0. The van der Waals surface area contributed by atoms with Crippen molar-refractivity contribution in [3.63, 3.8) is 0 Å². The van der Waals surface area contributed by atoms with Crippen LogP contribution in [0.2, 0.25) is 0 Å². The molecule has 1 aliphatic rings. The number of pyridine rings is 2. The number of rotatable bonds is 7. The lowest BCUT2D eigenvalue weighted by Crippen LogP contribution is -2.49. The molecule has 4 heterocycles. The van der Waals surface area contributed by atoms with Crippen LogP contribution in [0.15, 0.2) is 36.8 Å². The van der Waals surface area contributed by atoms with Crippen LogP contribution in [-0.2, 0) is 24.2 Å². The van der Waals surface area contributed by atoms with Gasteiger partial charge in [0.1, 0.15) is 6.04 Å². The molecular weight excluding hydrogens is 416 g/mol. The lowest BCUT2D eigenvalue weighted by atomic mass is 9.97. The number of anilines is 2. The molecule has 0 saturated carbocycles. The number of carbonyl (C=O) groups is 1. The largest absolute Gasteiger partial charge is 0.481 e. The van der Waals surface area contributed by atoms with Crippen molar-refractivity contribution in [3.05, 3.63) is 59.3 Å². The maximum absolute atomic E-state index is 12.5. The lowest BCUT2D eigenvalue weighted by Gasteiger charge is -2.38. The molecule has 1 N–H and O–H groups in total. The molecule has 8 nitrogen and oxygen atoms in total. The summed E-state index contributed by atoms with van der Waals surface area (Å²) >= 11 is 0. The average Bonchev–Trinajstić information content (AvgIpc) is 3.20. The van der Waals surface area contributed by atoms with E-state index in [-0.39, 0.29) is 25.3 Å². The number of fused-ring (bicyclic) bond motifs is 1. The molecule has 0 aromatic carbocycles. The molecule has 0 radical (unpaired) electrons. The minimum Gasteiger partial charge on any atom is -0.481 e. The Bertz CT molecular complexity index is 1120. The van der Waals surface area contributed by atoms with E-state index in [1.807, 2.05) is 37.0 Å². The monoisotopic (exact) mass is 450 g/mol. The number of aryl methyl sites for hydroxylation is 3. The van der Waals surface area contributed by atoms with Gasteiger partial charge in [-0.25, -0.2) is 4.98 Å². The predicted molar refractivity (Wildman–Crippen MR) is 131 cm³/mol. The zero-order valence-electron chi connectivity index (χ0n) is 19.3. The van der Waals surface area contributed by atoms with Gasteiger partial charge < -0.3 is 15.0 Å². The quantitative estimate of drug-likeness (QED) is 0.588. The van der Waals surface area contributed by atoms with Gasteiger partial charge in [-0.05, 0) is 43.4 Å². The molecule has 3 aromatic heterocycles. The highest BCUT2D eigenvalue weighted by Gasteiger charge is 2.34. The highest BCUT2D eigenvalue weighted by Crippen LogP contribution is 2.35. The second-order valence-corrected chi connectivity index (χ2v) is 8.60. The van der Waals surface area contributed by atoms with Gasteiger partial charge >= 0.3 is 0 Å². The number of nitrogens with zero attached hydrogens (tertiary/aromatic N) is 5. The van der Waals surface area contributed by atoms with Gasteiger partial charge in [0, 0.05) is 30.7 Å². The fraction of sp³-hybridized carbons (Fsp3) is 0.440. The average molecular weight is 451 g/mol. The van der Waals surface area contributed by atoms with Crippen LogP contribution in [-0.4, -0.2) is 45.9 Å². The van der Waals surface area contributed by atoms with Crippen molar-refractivity contribution in [1.82, 2.24) is 19.7 Å². The van der Waals surface area contributed by atoms with Crippen molar-refractivity contribution >= 4 is 17.3 Å². The number of ether oxygens (including phenoxy) is 1. The van der Waals surface area contributed by atoms with E-state index in [0.717, 1.165) is 46.7 Å². The molecule has 4 rings (SSSR count). The first-order valence-corrected chi connectivity index (χ1v) is 10.9. The van der Waals surface area contributed by atoms with Gasteiger partial charge in [0.25, 0.3) is 0 Å². The van der Waals surface area contributed by atoms with Gasteiger partial charge in [-0.3, -0.25) is 14.5 Å². The topological polar surface area (TPSA) is 85.2 Å². The third kappa shape index (κ3) is 4.99. The van der Waals surface area contributed by atoms with Crippen LogP contribution in [0.5, 0.6) is 5.88 Å². The summed E-state index contributed by atoms with van der Waals surface area (Å²) in [5.41, 5.74) is 5.84. The van der Waals surface area contributed by atoms with Gasteiger partial charge in [0.2, 0.25) is 11.8 Å². The zero-order chi connectivity index (χ0) is 22.8. The Hall–Kier alpha value is -3.42. The number of carbonyl (C=O) groups excluding carboxylic acids is 1. The van der Waals surface area contributed by atoms with Crippen LogP contribution in [0.25, 0.3) is 0 Å². The van der Waals surface area contributed by atoms with E-state index in [1.54, 1.807) is 13.3 Å². The van der Waals surface area contributed by atoms with Gasteiger partial charge in [0.05, 0.1) is 36.9 Å². The number of likely N-dealkylation sites (N-methyl/N-ethyl adjacent to an activating group) is 1. The summed E-state index contributed by atoms with van der Waals surface area (Å²) < 4.78 is 7.23. The van der Waals surface area contributed by atoms with E-state index in [0.29, 0.717) is 12.4 Å². The molecule has 1 aliphatic heterocycles. The number of methoxy groups -OCH3 is 1. The van der Waals surface area contributed by atoms with Crippen LogP contribution in [0, 0.1) is 12.8 Å².